The van der Waals surface area contributed by atoms with Gasteiger partial charge in [0.1, 0.15) is 22.6 Å². The smallest absolute Gasteiger partial charge is 0.321 e. The molecule has 0 aliphatic heterocycles. The van der Waals surface area contributed by atoms with E-state index in [1.807, 2.05) is 0 Å². The number of benzene rings is 1. The molecule has 2 aliphatic carbocycles. The van der Waals surface area contributed by atoms with Crippen molar-refractivity contribution in [3.05, 3.63) is 64.2 Å². The lowest BCUT2D eigenvalue weighted by Crippen LogP contribution is -2.28. The van der Waals surface area contributed by atoms with Crippen LogP contribution in [0.4, 0.5) is 17.6 Å². The predicted octanol–water partition coefficient (Wildman–Crippen LogP) is 5.57. The first kappa shape index (κ1) is 25.7. The minimum atomic E-state index is -4.76. The number of imidazole rings is 1. The van der Waals surface area contributed by atoms with Crippen LogP contribution in [0.2, 0.25) is 0 Å². The topological polar surface area (TPSA) is 86.8 Å². The molecule has 0 amide bonds. The van der Waals surface area contributed by atoms with E-state index < -0.39 is 39.0 Å². The van der Waals surface area contributed by atoms with E-state index in [2.05, 4.69) is 9.97 Å². The molecule has 2 saturated carbocycles. The minimum Gasteiger partial charge on any atom is -0.321 e. The largest absolute Gasteiger partial charge is 0.431 e. The summed E-state index contributed by atoms with van der Waals surface area (Å²) in [6.45, 7) is 1.47. The van der Waals surface area contributed by atoms with Crippen molar-refractivity contribution in [1.29, 1.82) is 0 Å². The van der Waals surface area contributed by atoms with Crippen molar-refractivity contribution in [3.8, 4) is 22.6 Å². The van der Waals surface area contributed by atoms with Crippen molar-refractivity contribution in [3.63, 3.8) is 0 Å². The number of aryl methyl sites for hydroxylation is 1. The number of aromatic nitrogens is 4. The predicted molar refractivity (Wildman–Crippen MR) is 137 cm³/mol. The average Bonchev–Trinajstić information content (AvgIpc) is 3.83. The van der Waals surface area contributed by atoms with E-state index in [1.54, 1.807) is 24.3 Å². The summed E-state index contributed by atoms with van der Waals surface area (Å²) in [7, 11) is -2.42. The van der Waals surface area contributed by atoms with Gasteiger partial charge < -0.3 is 4.57 Å². The van der Waals surface area contributed by atoms with Gasteiger partial charge in [-0.25, -0.2) is 17.8 Å². The monoisotopic (exact) mass is 560 g/mol. The molecule has 12 heteroatoms. The van der Waals surface area contributed by atoms with Gasteiger partial charge in [-0.15, -0.1) is 0 Å². The van der Waals surface area contributed by atoms with E-state index in [0.29, 0.717) is 42.4 Å². The first-order valence-electron chi connectivity index (χ1n) is 12.6. The first-order chi connectivity index (χ1) is 18.3. The Hall–Kier alpha value is -3.54. The summed E-state index contributed by atoms with van der Waals surface area (Å²) >= 11 is 0. The normalized spacial score (nSPS) is 17.1. The first-order valence-corrected chi connectivity index (χ1v) is 14.2. The van der Waals surface area contributed by atoms with Gasteiger partial charge in [-0.1, -0.05) is 31.2 Å². The van der Waals surface area contributed by atoms with Gasteiger partial charge in [-0.05, 0) is 48.9 Å². The lowest BCUT2D eigenvalue weighted by molar-refractivity contribution is -0.144. The Morgan fingerprint density at radius 2 is 1.74 bits per heavy atom. The van der Waals surface area contributed by atoms with Crippen LogP contribution in [0.1, 0.15) is 49.9 Å². The highest BCUT2D eigenvalue weighted by Gasteiger charge is 2.45. The van der Waals surface area contributed by atoms with E-state index in [1.165, 1.54) is 30.8 Å². The number of hydrogen-bond donors (Lipinski definition) is 0. The standard InChI is InChI=1S/C27H24F4N4O3S/c1-3-39(37,38)20-12-16(15-4-6-17(7-5-15)26(28)10-11-26)14-32-22(20)24-33-19-13-21(27(29,30)31)35(18-8-9-18)25(36)23(19)34(24)2/h4-7,12-14,18H,3,8-11H2,1-2H3. The minimum absolute atomic E-state index is 0.0363. The summed E-state index contributed by atoms with van der Waals surface area (Å²) in [5, 5.41) is 0. The Balaban J connectivity index is 1.53. The molecule has 3 heterocycles. The molecule has 0 spiro atoms. The molecule has 6 rings (SSSR count). The number of alkyl halides is 4. The number of nitrogens with zero attached hydrogens (tertiary/aromatic N) is 4. The van der Waals surface area contributed by atoms with Crippen molar-refractivity contribution in [2.45, 2.75) is 55.4 Å². The maximum absolute atomic E-state index is 14.4. The number of hydrogen-bond acceptors (Lipinski definition) is 5. The fourth-order valence-electron chi connectivity index (χ4n) is 4.94. The number of sulfone groups is 1. The highest BCUT2D eigenvalue weighted by molar-refractivity contribution is 7.91. The van der Waals surface area contributed by atoms with Gasteiger partial charge in [-0.3, -0.25) is 14.3 Å². The third-order valence-corrected chi connectivity index (χ3v) is 9.22. The Morgan fingerprint density at radius 1 is 1.08 bits per heavy atom. The van der Waals surface area contributed by atoms with Crippen LogP contribution in [0.25, 0.3) is 33.7 Å². The average molecular weight is 561 g/mol. The molecule has 2 aliphatic rings. The van der Waals surface area contributed by atoms with E-state index >= 15 is 0 Å². The molecular weight excluding hydrogens is 536 g/mol. The van der Waals surface area contributed by atoms with Crippen molar-refractivity contribution >= 4 is 20.9 Å². The van der Waals surface area contributed by atoms with E-state index in [4.69, 9.17) is 0 Å². The zero-order valence-corrected chi connectivity index (χ0v) is 21.9. The van der Waals surface area contributed by atoms with Gasteiger partial charge in [0.05, 0.1) is 16.2 Å². The molecule has 0 radical (unpaired) electrons. The molecule has 0 saturated heterocycles. The van der Waals surface area contributed by atoms with Crippen LogP contribution >= 0.6 is 0 Å². The molecule has 7 nitrogen and oxygen atoms in total. The van der Waals surface area contributed by atoms with Gasteiger partial charge in [0.15, 0.2) is 15.7 Å². The number of halogens is 4. The zero-order valence-electron chi connectivity index (χ0n) is 21.1. The summed E-state index contributed by atoms with van der Waals surface area (Å²) < 4.78 is 84.3. The third kappa shape index (κ3) is 4.25. The molecule has 1 aromatic carbocycles. The lowest BCUT2D eigenvalue weighted by atomic mass is 10.0. The van der Waals surface area contributed by atoms with Gasteiger partial charge in [-0.2, -0.15) is 13.2 Å². The van der Waals surface area contributed by atoms with Crippen LogP contribution < -0.4 is 5.56 Å². The van der Waals surface area contributed by atoms with Crippen LogP contribution in [0.3, 0.4) is 0 Å². The van der Waals surface area contributed by atoms with Crippen molar-refractivity contribution in [2.24, 2.45) is 7.05 Å². The maximum Gasteiger partial charge on any atom is 0.431 e. The van der Waals surface area contributed by atoms with Crippen LogP contribution in [0.15, 0.2) is 52.3 Å². The fourth-order valence-corrected chi connectivity index (χ4v) is 6.00. The summed E-state index contributed by atoms with van der Waals surface area (Å²) in [5.41, 5.74) is -1.88. The number of fused-ring (bicyclic) bond motifs is 1. The van der Waals surface area contributed by atoms with Gasteiger partial charge >= 0.3 is 6.18 Å². The van der Waals surface area contributed by atoms with Crippen LogP contribution in [-0.4, -0.2) is 33.3 Å². The van der Waals surface area contributed by atoms with Crippen molar-refractivity contribution < 1.29 is 26.0 Å². The molecule has 0 atom stereocenters. The molecule has 4 aromatic rings. The van der Waals surface area contributed by atoms with Crippen LogP contribution in [0.5, 0.6) is 0 Å². The van der Waals surface area contributed by atoms with E-state index in [9.17, 15) is 30.8 Å². The number of pyridine rings is 2. The maximum atomic E-state index is 14.4. The second-order valence-corrected chi connectivity index (χ2v) is 12.4. The second-order valence-electron chi connectivity index (χ2n) is 10.2. The van der Waals surface area contributed by atoms with Crippen molar-refractivity contribution in [1.82, 2.24) is 19.1 Å². The highest BCUT2D eigenvalue weighted by Crippen LogP contribution is 2.49. The zero-order chi connectivity index (χ0) is 27.9. The van der Waals surface area contributed by atoms with E-state index in [-0.39, 0.29) is 33.2 Å². The quantitative estimate of drug-likeness (QED) is 0.288. The fraction of sp³-hybridized carbons (Fsp3) is 0.370. The Labute approximate surface area is 221 Å². The lowest BCUT2D eigenvalue weighted by Gasteiger charge is -2.15. The van der Waals surface area contributed by atoms with Crippen molar-refractivity contribution in [2.75, 3.05) is 5.75 Å². The SMILES string of the molecule is CCS(=O)(=O)c1cc(-c2ccc(C3(F)CC3)cc2)cnc1-c1nc2cc(C(F)(F)F)n(C3CC3)c(=O)c2n1C. The molecule has 0 unspecified atom stereocenters. The van der Waals surface area contributed by atoms with Gasteiger partial charge in [0, 0.05) is 24.8 Å². The molecule has 2 fully saturated rings. The summed E-state index contributed by atoms with van der Waals surface area (Å²) in [5.74, 6) is -0.295. The summed E-state index contributed by atoms with van der Waals surface area (Å²) in [6, 6.07) is 8.45. The van der Waals surface area contributed by atoms with Crippen LogP contribution in [-0.2, 0) is 28.7 Å². The summed E-state index contributed by atoms with van der Waals surface area (Å²) in [6.07, 6.45) is -1.46. The molecule has 0 bridgehead atoms. The third-order valence-electron chi connectivity index (χ3n) is 7.48. The number of rotatable bonds is 6. The molecule has 3 aromatic heterocycles. The molecule has 39 heavy (non-hydrogen) atoms. The van der Waals surface area contributed by atoms with Crippen LogP contribution in [0, 0.1) is 0 Å². The molecule has 204 valence electrons. The van der Waals surface area contributed by atoms with E-state index in [0.717, 1.165) is 10.6 Å². The Bertz CT molecular complexity index is 1800. The Morgan fingerprint density at radius 3 is 2.31 bits per heavy atom. The second kappa shape index (κ2) is 8.48. The Kier molecular flexibility index (Phi) is 5.59. The summed E-state index contributed by atoms with van der Waals surface area (Å²) in [4.78, 5) is 21.8. The van der Waals surface area contributed by atoms with Gasteiger partial charge in [0.2, 0.25) is 0 Å². The molecule has 0 N–H and O–H groups in total. The highest BCUT2D eigenvalue weighted by atomic mass is 32.2. The molecular formula is C27H24F4N4O3S. The van der Waals surface area contributed by atoms with Gasteiger partial charge in [0.25, 0.3) is 5.56 Å².